The van der Waals surface area contributed by atoms with E-state index >= 15 is 0 Å². The van der Waals surface area contributed by atoms with Crippen LogP contribution in [0.2, 0.25) is 0 Å². The van der Waals surface area contributed by atoms with Gasteiger partial charge in [-0.25, -0.2) is 0 Å². The zero-order chi connectivity index (χ0) is 13.0. The molecule has 2 rings (SSSR count). The standard InChI is InChI=1S/C16H15NO/c1-16(18,14-9-5-6-10-15(14)17)12-11-13-7-3-2-4-8-13/h2-10,18H,17H2,1H3. The van der Waals surface area contributed by atoms with Crippen molar-refractivity contribution in [2.24, 2.45) is 0 Å². The molecule has 0 saturated heterocycles. The first-order chi connectivity index (χ1) is 8.59. The summed E-state index contributed by atoms with van der Waals surface area (Å²) in [6.45, 7) is 1.65. The van der Waals surface area contributed by atoms with Crippen molar-refractivity contribution in [3.8, 4) is 11.8 Å². The van der Waals surface area contributed by atoms with Gasteiger partial charge in [0.05, 0.1) is 0 Å². The lowest BCUT2D eigenvalue weighted by atomic mass is 9.95. The molecule has 0 aliphatic rings. The summed E-state index contributed by atoms with van der Waals surface area (Å²) in [4.78, 5) is 0. The van der Waals surface area contributed by atoms with E-state index in [-0.39, 0.29) is 0 Å². The van der Waals surface area contributed by atoms with Crippen molar-refractivity contribution in [3.05, 3.63) is 65.7 Å². The van der Waals surface area contributed by atoms with Crippen LogP contribution < -0.4 is 5.73 Å². The Morgan fingerprint density at radius 1 is 1.00 bits per heavy atom. The summed E-state index contributed by atoms with van der Waals surface area (Å²) >= 11 is 0. The number of anilines is 1. The molecule has 2 heteroatoms. The molecule has 0 amide bonds. The van der Waals surface area contributed by atoms with Gasteiger partial charge in [-0.1, -0.05) is 48.2 Å². The van der Waals surface area contributed by atoms with E-state index in [1.165, 1.54) is 0 Å². The van der Waals surface area contributed by atoms with E-state index < -0.39 is 5.60 Å². The van der Waals surface area contributed by atoms with Crippen molar-refractivity contribution in [1.82, 2.24) is 0 Å². The molecule has 0 spiro atoms. The van der Waals surface area contributed by atoms with Crippen molar-refractivity contribution < 1.29 is 5.11 Å². The summed E-state index contributed by atoms with van der Waals surface area (Å²) in [5.41, 5.74) is 6.65. The number of para-hydroxylation sites is 1. The fourth-order valence-electron chi connectivity index (χ4n) is 1.72. The van der Waals surface area contributed by atoms with E-state index in [2.05, 4.69) is 11.8 Å². The summed E-state index contributed by atoms with van der Waals surface area (Å²) in [5.74, 6) is 5.81. The normalized spacial score (nSPS) is 13.2. The molecule has 0 aliphatic carbocycles. The minimum atomic E-state index is -1.25. The second-order valence-electron chi connectivity index (χ2n) is 4.28. The summed E-state index contributed by atoms with van der Waals surface area (Å²) in [7, 11) is 0. The second kappa shape index (κ2) is 4.95. The summed E-state index contributed by atoms with van der Waals surface area (Å²) in [5, 5.41) is 10.4. The van der Waals surface area contributed by atoms with Crippen LogP contribution in [-0.4, -0.2) is 5.11 Å². The highest BCUT2D eigenvalue weighted by molar-refractivity contribution is 5.53. The lowest BCUT2D eigenvalue weighted by Crippen LogP contribution is -2.20. The summed E-state index contributed by atoms with van der Waals surface area (Å²) in [6, 6.07) is 16.8. The molecule has 0 aliphatic heterocycles. The van der Waals surface area contributed by atoms with Crippen LogP contribution in [0.3, 0.4) is 0 Å². The Hall–Kier alpha value is -2.24. The molecule has 2 aromatic carbocycles. The Morgan fingerprint density at radius 2 is 1.61 bits per heavy atom. The molecule has 0 saturated carbocycles. The van der Waals surface area contributed by atoms with Crippen molar-refractivity contribution >= 4 is 5.69 Å². The maximum Gasteiger partial charge on any atom is 0.150 e. The Balaban J connectivity index is 2.34. The monoisotopic (exact) mass is 237 g/mol. The van der Waals surface area contributed by atoms with Gasteiger partial charge in [0.2, 0.25) is 0 Å². The molecule has 1 unspecified atom stereocenters. The molecule has 90 valence electrons. The quantitative estimate of drug-likeness (QED) is 0.591. The van der Waals surface area contributed by atoms with Gasteiger partial charge in [-0.15, -0.1) is 0 Å². The van der Waals surface area contributed by atoms with E-state index in [0.29, 0.717) is 11.3 Å². The maximum absolute atomic E-state index is 10.4. The topological polar surface area (TPSA) is 46.2 Å². The van der Waals surface area contributed by atoms with E-state index in [9.17, 15) is 5.11 Å². The third-order valence-corrected chi connectivity index (χ3v) is 2.71. The van der Waals surface area contributed by atoms with Gasteiger partial charge in [-0.2, -0.15) is 0 Å². The number of benzene rings is 2. The van der Waals surface area contributed by atoms with Crippen LogP contribution >= 0.6 is 0 Å². The van der Waals surface area contributed by atoms with Gasteiger partial charge in [0.25, 0.3) is 0 Å². The van der Waals surface area contributed by atoms with Gasteiger partial charge in [0.1, 0.15) is 0 Å². The smallest absolute Gasteiger partial charge is 0.150 e. The van der Waals surface area contributed by atoms with Crippen molar-refractivity contribution in [2.75, 3.05) is 5.73 Å². The summed E-state index contributed by atoms with van der Waals surface area (Å²) in [6.07, 6.45) is 0. The lowest BCUT2D eigenvalue weighted by Gasteiger charge is -2.18. The number of nitrogen functional groups attached to an aromatic ring is 1. The van der Waals surface area contributed by atoms with Crippen molar-refractivity contribution in [1.29, 1.82) is 0 Å². The van der Waals surface area contributed by atoms with Crippen molar-refractivity contribution in [3.63, 3.8) is 0 Å². The third kappa shape index (κ3) is 2.71. The largest absolute Gasteiger partial charge is 0.398 e. The van der Waals surface area contributed by atoms with Gasteiger partial charge in [0.15, 0.2) is 5.60 Å². The van der Waals surface area contributed by atoms with Gasteiger partial charge in [-0.3, -0.25) is 0 Å². The van der Waals surface area contributed by atoms with Gasteiger partial charge in [-0.05, 0) is 25.1 Å². The van der Waals surface area contributed by atoms with Crippen LogP contribution in [0.25, 0.3) is 0 Å². The first-order valence-electron chi connectivity index (χ1n) is 5.75. The van der Waals surface area contributed by atoms with Gasteiger partial charge >= 0.3 is 0 Å². The first kappa shape index (κ1) is 12.2. The molecular weight excluding hydrogens is 222 g/mol. The number of aliphatic hydroxyl groups is 1. The van der Waals surface area contributed by atoms with Crippen molar-refractivity contribution in [2.45, 2.75) is 12.5 Å². The molecule has 2 nitrogen and oxygen atoms in total. The molecule has 1 atom stereocenters. The van der Waals surface area contributed by atoms with Gasteiger partial charge in [0, 0.05) is 16.8 Å². The second-order valence-corrected chi connectivity index (χ2v) is 4.28. The number of hydrogen-bond acceptors (Lipinski definition) is 2. The lowest BCUT2D eigenvalue weighted by molar-refractivity contribution is 0.123. The Bertz CT molecular complexity index is 591. The molecule has 0 radical (unpaired) electrons. The molecule has 3 N–H and O–H groups in total. The summed E-state index contributed by atoms with van der Waals surface area (Å²) < 4.78 is 0. The Labute approximate surface area is 107 Å². The van der Waals surface area contributed by atoms with Crippen LogP contribution in [0, 0.1) is 11.8 Å². The zero-order valence-electron chi connectivity index (χ0n) is 10.2. The van der Waals surface area contributed by atoms with Crippen LogP contribution in [0.5, 0.6) is 0 Å². The van der Waals surface area contributed by atoms with E-state index in [1.807, 2.05) is 42.5 Å². The molecule has 0 heterocycles. The van der Waals surface area contributed by atoms with E-state index in [4.69, 9.17) is 5.73 Å². The van der Waals surface area contributed by atoms with Crippen LogP contribution in [0.4, 0.5) is 5.69 Å². The van der Waals surface area contributed by atoms with Crippen LogP contribution in [0.15, 0.2) is 54.6 Å². The minimum Gasteiger partial charge on any atom is -0.398 e. The predicted octanol–water partition coefficient (Wildman–Crippen LogP) is 2.53. The SMILES string of the molecule is CC(O)(C#Cc1ccccc1)c1ccccc1N. The number of nitrogens with two attached hydrogens (primary N) is 1. The van der Waals surface area contributed by atoms with Crippen LogP contribution in [-0.2, 0) is 5.60 Å². The fourth-order valence-corrected chi connectivity index (χ4v) is 1.72. The fraction of sp³-hybridized carbons (Fsp3) is 0.125. The Morgan fingerprint density at radius 3 is 2.28 bits per heavy atom. The molecule has 2 aromatic rings. The highest BCUT2D eigenvalue weighted by Crippen LogP contribution is 2.25. The average Bonchev–Trinajstić information content (AvgIpc) is 2.38. The van der Waals surface area contributed by atoms with Crippen LogP contribution in [0.1, 0.15) is 18.1 Å². The Kier molecular flexibility index (Phi) is 3.36. The molecule has 0 fully saturated rings. The maximum atomic E-state index is 10.4. The molecule has 18 heavy (non-hydrogen) atoms. The number of hydrogen-bond donors (Lipinski definition) is 2. The zero-order valence-corrected chi connectivity index (χ0v) is 10.2. The third-order valence-electron chi connectivity index (χ3n) is 2.71. The highest BCUT2D eigenvalue weighted by atomic mass is 16.3. The molecule has 0 aromatic heterocycles. The first-order valence-corrected chi connectivity index (χ1v) is 5.75. The highest BCUT2D eigenvalue weighted by Gasteiger charge is 2.22. The van der Waals surface area contributed by atoms with E-state index in [1.54, 1.807) is 19.1 Å². The van der Waals surface area contributed by atoms with Gasteiger partial charge < -0.3 is 10.8 Å². The van der Waals surface area contributed by atoms with E-state index in [0.717, 1.165) is 5.56 Å². The molecular formula is C16H15NO. The average molecular weight is 237 g/mol. The molecule has 0 bridgehead atoms. The minimum absolute atomic E-state index is 0.546. The predicted molar refractivity (Wildman–Crippen MR) is 73.7 cm³/mol. The number of rotatable bonds is 1.